The van der Waals surface area contributed by atoms with E-state index in [1.165, 1.54) is 6.07 Å². The first-order valence-electron chi connectivity index (χ1n) is 5.12. The third-order valence-electron chi connectivity index (χ3n) is 2.32. The van der Waals surface area contributed by atoms with Gasteiger partial charge in [-0.2, -0.15) is 0 Å². The molecule has 0 saturated heterocycles. The first-order chi connectivity index (χ1) is 8.22. The van der Waals surface area contributed by atoms with Gasteiger partial charge in [0.1, 0.15) is 5.75 Å². The van der Waals surface area contributed by atoms with Crippen LogP contribution in [0.1, 0.15) is 5.56 Å². The summed E-state index contributed by atoms with van der Waals surface area (Å²) in [5.41, 5.74) is 6.13. The molecule has 0 aliphatic carbocycles. The second-order valence-electron chi connectivity index (χ2n) is 3.46. The Hall–Kier alpha value is -1.58. The SMILES string of the molecule is NCc1cccc(F)c1Oc1ccccc1Cl. The van der Waals surface area contributed by atoms with Gasteiger partial charge in [-0.15, -0.1) is 0 Å². The predicted octanol–water partition coefficient (Wildman–Crippen LogP) is 3.73. The molecule has 88 valence electrons. The summed E-state index contributed by atoms with van der Waals surface area (Å²) in [5.74, 6) is 0.0879. The second kappa shape index (κ2) is 5.17. The fraction of sp³-hybridized carbons (Fsp3) is 0.0769. The minimum Gasteiger partial charge on any atom is -0.452 e. The van der Waals surface area contributed by atoms with E-state index >= 15 is 0 Å². The normalized spacial score (nSPS) is 10.3. The molecule has 0 saturated carbocycles. The number of nitrogens with two attached hydrogens (primary N) is 1. The molecule has 0 spiro atoms. The van der Waals surface area contributed by atoms with Gasteiger partial charge in [0, 0.05) is 12.1 Å². The van der Waals surface area contributed by atoms with E-state index in [4.69, 9.17) is 22.1 Å². The summed E-state index contributed by atoms with van der Waals surface area (Å²) < 4.78 is 19.1. The third-order valence-corrected chi connectivity index (χ3v) is 2.63. The van der Waals surface area contributed by atoms with Crippen LogP contribution >= 0.6 is 11.6 Å². The van der Waals surface area contributed by atoms with Crippen molar-refractivity contribution in [2.75, 3.05) is 0 Å². The Labute approximate surface area is 104 Å². The van der Waals surface area contributed by atoms with Crippen LogP contribution in [0.2, 0.25) is 5.02 Å². The maximum Gasteiger partial charge on any atom is 0.167 e. The molecular weight excluding hydrogens is 241 g/mol. The first kappa shape index (κ1) is 11.9. The Kier molecular flexibility index (Phi) is 3.61. The van der Waals surface area contributed by atoms with E-state index in [2.05, 4.69) is 0 Å². The molecule has 0 amide bonds. The Morgan fingerprint density at radius 3 is 2.59 bits per heavy atom. The van der Waals surface area contributed by atoms with Gasteiger partial charge >= 0.3 is 0 Å². The largest absolute Gasteiger partial charge is 0.452 e. The zero-order valence-electron chi connectivity index (χ0n) is 8.99. The maximum atomic E-state index is 13.6. The van der Waals surface area contributed by atoms with Gasteiger partial charge in [-0.3, -0.25) is 0 Å². The number of rotatable bonds is 3. The summed E-state index contributed by atoms with van der Waals surface area (Å²) in [7, 11) is 0. The number of ether oxygens (including phenoxy) is 1. The molecule has 17 heavy (non-hydrogen) atoms. The van der Waals surface area contributed by atoms with E-state index in [-0.39, 0.29) is 12.3 Å². The summed E-state index contributed by atoms with van der Waals surface area (Å²) in [6.45, 7) is 0.206. The lowest BCUT2D eigenvalue weighted by atomic mass is 10.2. The Morgan fingerprint density at radius 2 is 1.88 bits per heavy atom. The minimum absolute atomic E-state index is 0.128. The highest BCUT2D eigenvalue weighted by atomic mass is 35.5. The summed E-state index contributed by atoms with van der Waals surface area (Å²) in [6, 6.07) is 11.5. The van der Waals surface area contributed by atoms with Crippen molar-refractivity contribution in [3.8, 4) is 11.5 Å². The van der Waals surface area contributed by atoms with Gasteiger partial charge in [-0.25, -0.2) is 4.39 Å². The van der Waals surface area contributed by atoms with Gasteiger partial charge in [0.25, 0.3) is 0 Å². The fourth-order valence-corrected chi connectivity index (χ4v) is 1.64. The molecule has 4 heteroatoms. The van der Waals surface area contributed by atoms with Gasteiger partial charge in [0.2, 0.25) is 0 Å². The van der Waals surface area contributed by atoms with Crippen molar-refractivity contribution in [2.24, 2.45) is 5.73 Å². The van der Waals surface area contributed by atoms with Crippen LogP contribution < -0.4 is 10.5 Å². The van der Waals surface area contributed by atoms with E-state index in [1.54, 1.807) is 36.4 Å². The van der Waals surface area contributed by atoms with Gasteiger partial charge in [0.05, 0.1) is 5.02 Å². The van der Waals surface area contributed by atoms with Crippen LogP contribution in [0.25, 0.3) is 0 Å². The highest BCUT2D eigenvalue weighted by molar-refractivity contribution is 6.32. The number of benzene rings is 2. The number of para-hydroxylation sites is 2. The average Bonchev–Trinajstić information content (AvgIpc) is 2.34. The molecule has 2 N–H and O–H groups in total. The number of hydrogen-bond acceptors (Lipinski definition) is 2. The lowest BCUT2D eigenvalue weighted by molar-refractivity contribution is 0.436. The quantitative estimate of drug-likeness (QED) is 0.902. The molecule has 0 bridgehead atoms. The Balaban J connectivity index is 2.39. The summed E-state index contributed by atoms with van der Waals surface area (Å²) >= 11 is 5.94. The van der Waals surface area contributed by atoms with Gasteiger partial charge < -0.3 is 10.5 Å². The van der Waals surface area contributed by atoms with Gasteiger partial charge in [-0.1, -0.05) is 35.9 Å². The molecule has 2 rings (SSSR count). The van der Waals surface area contributed by atoms with Crippen molar-refractivity contribution in [1.82, 2.24) is 0 Å². The fourth-order valence-electron chi connectivity index (χ4n) is 1.47. The van der Waals surface area contributed by atoms with Crippen LogP contribution in [-0.4, -0.2) is 0 Å². The van der Waals surface area contributed by atoms with Crippen molar-refractivity contribution < 1.29 is 9.13 Å². The Morgan fingerprint density at radius 1 is 1.12 bits per heavy atom. The highest BCUT2D eigenvalue weighted by Gasteiger charge is 2.11. The molecule has 2 aromatic rings. The maximum absolute atomic E-state index is 13.6. The molecule has 2 nitrogen and oxygen atoms in total. The molecule has 0 aliphatic heterocycles. The minimum atomic E-state index is -0.451. The average molecular weight is 252 g/mol. The first-order valence-corrected chi connectivity index (χ1v) is 5.50. The molecule has 0 aromatic heterocycles. The molecule has 0 atom stereocenters. The number of halogens is 2. The van der Waals surface area contributed by atoms with Crippen LogP contribution in [-0.2, 0) is 6.54 Å². The van der Waals surface area contributed by atoms with E-state index in [0.717, 1.165) is 0 Å². The van der Waals surface area contributed by atoms with Crippen molar-refractivity contribution >= 4 is 11.6 Å². The predicted molar refractivity (Wildman–Crippen MR) is 65.8 cm³/mol. The van der Waals surface area contributed by atoms with Gasteiger partial charge in [0.15, 0.2) is 11.6 Å². The molecule has 0 heterocycles. The van der Waals surface area contributed by atoms with E-state index in [9.17, 15) is 4.39 Å². The monoisotopic (exact) mass is 251 g/mol. The molecule has 0 unspecified atom stereocenters. The zero-order valence-corrected chi connectivity index (χ0v) is 9.75. The van der Waals surface area contributed by atoms with Crippen LogP contribution in [0.3, 0.4) is 0 Å². The molecule has 0 radical (unpaired) electrons. The lowest BCUT2D eigenvalue weighted by Crippen LogP contribution is -2.01. The molecule has 0 aliphatic rings. The number of hydrogen-bond donors (Lipinski definition) is 1. The topological polar surface area (TPSA) is 35.2 Å². The standard InChI is InChI=1S/C13H11ClFNO/c14-10-5-1-2-7-12(10)17-13-9(8-16)4-3-6-11(13)15/h1-7H,8,16H2. The smallest absolute Gasteiger partial charge is 0.167 e. The second-order valence-corrected chi connectivity index (χ2v) is 3.87. The molecule has 2 aromatic carbocycles. The van der Waals surface area contributed by atoms with Crippen molar-refractivity contribution in [3.05, 3.63) is 58.9 Å². The molecular formula is C13H11ClFNO. The van der Waals surface area contributed by atoms with Gasteiger partial charge in [-0.05, 0) is 18.2 Å². The van der Waals surface area contributed by atoms with E-state index in [1.807, 2.05) is 0 Å². The van der Waals surface area contributed by atoms with Crippen LogP contribution in [0, 0.1) is 5.82 Å². The van der Waals surface area contributed by atoms with Crippen LogP contribution in [0.4, 0.5) is 4.39 Å². The summed E-state index contributed by atoms with van der Waals surface area (Å²) in [4.78, 5) is 0. The summed E-state index contributed by atoms with van der Waals surface area (Å²) in [6.07, 6.45) is 0. The zero-order chi connectivity index (χ0) is 12.3. The van der Waals surface area contributed by atoms with Crippen LogP contribution in [0.15, 0.2) is 42.5 Å². The third kappa shape index (κ3) is 2.57. The highest BCUT2D eigenvalue weighted by Crippen LogP contribution is 2.32. The van der Waals surface area contributed by atoms with E-state index in [0.29, 0.717) is 16.3 Å². The summed E-state index contributed by atoms with van der Waals surface area (Å²) in [5, 5.41) is 0.429. The lowest BCUT2D eigenvalue weighted by Gasteiger charge is -2.11. The molecule has 0 fully saturated rings. The van der Waals surface area contributed by atoms with Crippen LogP contribution in [0.5, 0.6) is 11.5 Å². The van der Waals surface area contributed by atoms with Crippen molar-refractivity contribution in [1.29, 1.82) is 0 Å². The Bertz CT molecular complexity index is 531. The van der Waals surface area contributed by atoms with Crippen molar-refractivity contribution in [3.63, 3.8) is 0 Å². The van der Waals surface area contributed by atoms with Crippen molar-refractivity contribution in [2.45, 2.75) is 6.54 Å². The van der Waals surface area contributed by atoms with E-state index < -0.39 is 5.82 Å².